The summed E-state index contributed by atoms with van der Waals surface area (Å²) in [7, 11) is 0. The van der Waals surface area contributed by atoms with Crippen LogP contribution in [0, 0.1) is 5.92 Å². The van der Waals surface area contributed by atoms with Gasteiger partial charge in [-0.15, -0.1) is 0 Å². The molecule has 0 spiro atoms. The van der Waals surface area contributed by atoms with E-state index in [9.17, 15) is 9.90 Å². The van der Waals surface area contributed by atoms with Gasteiger partial charge in [-0.1, -0.05) is 5.57 Å². The Morgan fingerprint density at radius 2 is 2.31 bits per heavy atom. The van der Waals surface area contributed by atoms with Crippen molar-refractivity contribution in [3.8, 4) is 0 Å². The Hall–Kier alpha value is -1.25. The molecular weight excluding hydrogens is 204 g/mol. The average molecular weight is 222 g/mol. The van der Waals surface area contributed by atoms with Crippen molar-refractivity contribution in [3.63, 3.8) is 0 Å². The van der Waals surface area contributed by atoms with Gasteiger partial charge in [-0.3, -0.25) is 0 Å². The third kappa shape index (κ3) is 2.13. The lowest BCUT2D eigenvalue weighted by Gasteiger charge is -2.07. The predicted molar refractivity (Wildman–Crippen MR) is 60.9 cm³/mol. The molecular formula is C13H18O3. The maximum absolute atomic E-state index is 11.7. The van der Waals surface area contributed by atoms with Crippen LogP contribution in [0.15, 0.2) is 23.0 Å². The molecule has 0 unspecified atom stereocenters. The number of ether oxygens (including phenoxy) is 1. The molecule has 3 nitrogen and oxygen atoms in total. The minimum absolute atomic E-state index is 0.195. The zero-order valence-corrected chi connectivity index (χ0v) is 9.66. The van der Waals surface area contributed by atoms with Crippen LogP contribution in [0.3, 0.4) is 0 Å². The first-order chi connectivity index (χ1) is 7.72. The highest BCUT2D eigenvalue weighted by molar-refractivity contribution is 5.92. The number of rotatable bonds is 2. The standard InChI is InChI=1S/C13H18O3/c1-2-16-13(15)11-8-10-5-3-4-9(10)6-7-12(11)14/h8-9,14H,2-7H2,1H3/t9-/m0/s1. The van der Waals surface area contributed by atoms with E-state index in [4.69, 9.17) is 4.74 Å². The van der Waals surface area contributed by atoms with Crippen molar-refractivity contribution < 1.29 is 14.6 Å². The van der Waals surface area contributed by atoms with E-state index in [0.717, 1.165) is 12.8 Å². The lowest BCUT2D eigenvalue weighted by Crippen LogP contribution is -2.08. The molecule has 1 fully saturated rings. The molecule has 1 atom stereocenters. The normalized spacial score (nSPS) is 24.8. The van der Waals surface area contributed by atoms with Crippen LogP contribution in [-0.4, -0.2) is 17.7 Å². The molecule has 0 radical (unpaired) electrons. The monoisotopic (exact) mass is 222 g/mol. The minimum Gasteiger partial charge on any atom is -0.511 e. The van der Waals surface area contributed by atoms with Crippen LogP contribution in [0.25, 0.3) is 0 Å². The van der Waals surface area contributed by atoms with Gasteiger partial charge < -0.3 is 9.84 Å². The van der Waals surface area contributed by atoms with Crippen molar-refractivity contribution in [2.45, 2.75) is 39.0 Å². The lowest BCUT2D eigenvalue weighted by molar-refractivity contribution is -0.138. The first-order valence-electron chi connectivity index (χ1n) is 6.02. The number of fused-ring (bicyclic) bond motifs is 1. The van der Waals surface area contributed by atoms with Gasteiger partial charge in [-0.05, 0) is 44.6 Å². The van der Waals surface area contributed by atoms with Gasteiger partial charge in [0.2, 0.25) is 0 Å². The highest BCUT2D eigenvalue weighted by Crippen LogP contribution is 2.38. The lowest BCUT2D eigenvalue weighted by atomic mass is 9.98. The molecule has 0 heterocycles. The van der Waals surface area contributed by atoms with E-state index in [0.29, 0.717) is 24.5 Å². The molecule has 0 aliphatic heterocycles. The topological polar surface area (TPSA) is 46.5 Å². The molecule has 0 aromatic rings. The smallest absolute Gasteiger partial charge is 0.341 e. The first kappa shape index (κ1) is 11.2. The molecule has 2 aliphatic carbocycles. The molecule has 0 aromatic carbocycles. The summed E-state index contributed by atoms with van der Waals surface area (Å²) in [6, 6.07) is 0. The van der Waals surface area contributed by atoms with Gasteiger partial charge in [-0.2, -0.15) is 0 Å². The van der Waals surface area contributed by atoms with Gasteiger partial charge in [0.25, 0.3) is 0 Å². The number of carbonyl (C=O) groups is 1. The number of hydrogen-bond donors (Lipinski definition) is 1. The number of aliphatic hydroxyl groups excluding tert-OH is 1. The number of esters is 1. The van der Waals surface area contributed by atoms with Crippen LogP contribution < -0.4 is 0 Å². The summed E-state index contributed by atoms with van der Waals surface area (Å²) in [4.78, 5) is 11.7. The maximum Gasteiger partial charge on any atom is 0.341 e. The highest BCUT2D eigenvalue weighted by Gasteiger charge is 2.27. The highest BCUT2D eigenvalue weighted by atomic mass is 16.5. The molecule has 2 rings (SSSR count). The Kier molecular flexibility index (Phi) is 3.32. The van der Waals surface area contributed by atoms with E-state index in [2.05, 4.69) is 0 Å². The second-order valence-electron chi connectivity index (χ2n) is 4.43. The second kappa shape index (κ2) is 4.73. The molecule has 1 N–H and O–H groups in total. The van der Waals surface area contributed by atoms with Crippen LogP contribution in [-0.2, 0) is 9.53 Å². The molecule has 0 amide bonds. The third-order valence-corrected chi connectivity index (χ3v) is 3.41. The number of hydrogen-bond acceptors (Lipinski definition) is 3. The number of carbonyl (C=O) groups excluding carboxylic acids is 1. The van der Waals surface area contributed by atoms with Gasteiger partial charge in [0, 0.05) is 6.42 Å². The summed E-state index contributed by atoms with van der Waals surface area (Å²) in [6.45, 7) is 2.12. The molecule has 3 heteroatoms. The zero-order valence-electron chi connectivity index (χ0n) is 9.66. The van der Waals surface area contributed by atoms with Crippen molar-refractivity contribution in [1.29, 1.82) is 0 Å². The summed E-state index contributed by atoms with van der Waals surface area (Å²) in [5, 5.41) is 9.84. The van der Waals surface area contributed by atoms with Crippen molar-refractivity contribution in [1.82, 2.24) is 0 Å². The van der Waals surface area contributed by atoms with E-state index < -0.39 is 0 Å². The van der Waals surface area contributed by atoms with Crippen LogP contribution >= 0.6 is 0 Å². The molecule has 16 heavy (non-hydrogen) atoms. The Bertz CT molecular complexity index is 352. The average Bonchev–Trinajstić information content (AvgIpc) is 2.64. The van der Waals surface area contributed by atoms with Crippen LogP contribution in [0.2, 0.25) is 0 Å². The fraction of sp³-hybridized carbons (Fsp3) is 0.615. The van der Waals surface area contributed by atoms with E-state index in [1.165, 1.54) is 18.4 Å². The fourth-order valence-corrected chi connectivity index (χ4v) is 2.56. The quantitative estimate of drug-likeness (QED) is 0.731. The summed E-state index contributed by atoms with van der Waals surface area (Å²) < 4.78 is 4.95. The van der Waals surface area contributed by atoms with E-state index in [1.54, 1.807) is 6.92 Å². The predicted octanol–water partition coefficient (Wildman–Crippen LogP) is 2.88. The summed E-state index contributed by atoms with van der Waals surface area (Å²) >= 11 is 0. The van der Waals surface area contributed by atoms with E-state index >= 15 is 0 Å². The Morgan fingerprint density at radius 1 is 1.50 bits per heavy atom. The van der Waals surface area contributed by atoms with Gasteiger partial charge in [0.15, 0.2) is 0 Å². The molecule has 0 saturated heterocycles. The fourth-order valence-electron chi connectivity index (χ4n) is 2.56. The third-order valence-electron chi connectivity index (χ3n) is 3.41. The largest absolute Gasteiger partial charge is 0.511 e. The summed E-state index contributed by atoms with van der Waals surface area (Å²) in [6.07, 6.45) is 6.86. The van der Waals surface area contributed by atoms with E-state index in [1.807, 2.05) is 6.08 Å². The van der Waals surface area contributed by atoms with Crippen LogP contribution in [0.1, 0.15) is 39.0 Å². The van der Waals surface area contributed by atoms with E-state index in [-0.39, 0.29) is 11.7 Å². The first-order valence-corrected chi connectivity index (χ1v) is 6.02. The molecule has 1 saturated carbocycles. The van der Waals surface area contributed by atoms with Crippen molar-refractivity contribution >= 4 is 5.97 Å². The molecule has 0 bridgehead atoms. The van der Waals surface area contributed by atoms with Crippen molar-refractivity contribution in [2.75, 3.05) is 6.61 Å². The second-order valence-corrected chi connectivity index (χ2v) is 4.43. The number of allylic oxidation sites excluding steroid dienone is 2. The number of aliphatic hydroxyl groups is 1. The van der Waals surface area contributed by atoms with Crippen LogP contribution in [0.4, 0.5) is 0 Å². The van der Waals surface area contributed by atoms with Crippen molar-refractivity contribution in [3.05, 3.63) is 23.0 Å². The van der Waals surface area contributed by atoms with Gasteiger partial charge in [0.05, 0.1) is 12.2 Å². The van der Waals surface area contributed by atoms with Gasteiger partial charge in [0.1, 0.15) is 5.76 Å². The SMILES string of the molecule is CCOC(=O)C1=C(O)CC[C@@H]2CCCC2=C1. The van der Waals surface area contributed by atoms with Gasteiger partial charge >= 0.3 is 5.97 Å². The minimum atomic E-state index is -0.389. The molecule has 88 valence electrons. The Morgan fingerprint density at radius 3 is 3.06 bits per heavy atom. The molecule has 2 aliphatic rings. The Labute approximate surface area is 95.8 Å². The molecule has 0 aromatic heterocycles. The summed E-state index contributed by atoms with van der Waals surface area (Å²) in [5.41, 5.74) is 1.69. The van der Waals surface area contributed by atoms with Gasteiger partial charge in [-0.25, -0.2) is 4.79 Å². The van der Waals surface area contributed by atoms with Crippen LogP contribution in [0.5, 0.6) is 0 Å². The zero-order chi connectivity index (χ0) is 11.5. The maximum atomic E-state index is 11.7. The van der Waals surface area contributed by atoms with Crippen molar-refractivity contribution in [2.24, 2.45) is 5.92 Å². The Balaban J connectivity index is 2.25. The summed E-state index contributed by atoms with van der Waals surface area (Å²) in [5.74, 6) is 0.370.